The maximum Gasteiger partial charge on any atom is 0.252 e. The molecule has 2 aromatic rings. The Hall–Kier alpha value is -2.04. The Balaban J connectivity index is 1.51. The molecule has 4 saturated carbocycles. The summed E-state index contributed by atoms with van der Waals surface area (Å²) in [6.45, 7) is 0. The topological polar surface area (TPSA) is 42.0 Å². The van der Waals surface area contributed by atoms with E-state index in [4.69, 9.17) is 0 Å². The van der Waals surface area contributed by atoms with Crippen molar-refractivity contribution in [1.29, 1.82) is 0 Å². The van der Waals surface area contributed by atoms with Crippen molar-refractivity contribution in [1.82, 2.24) is 10.3 Å². The standard InChI is InChI=1S/C21H22F2N2O/c22-14-3-4-17-15(11-14)16(12-18(24-17)13-1-2-13)19(26)25-21-8-5-20(23,6-9-21)7-10-21/h3-4,11-13H,1-2,5-10H2,(H,25,26). The van der Waals surface area contributed by atoms with Crippen molar-refractivity contribution in [3.63, 3.8) is 0 Å². The van der Waals surface area contributed by atoms with Crippen LogP contribution in [0, 0.1) is 5.82 Å². The highest BCUT2D eigenvalue weighted by molar-refractivity contribution is 6.06. The molecule has 26 heavy (non-hydrogen) atoms. The van der Waals surface area contributed by atoms with Crippen LogP contribution in [0.15, 0.2) is 24.3 Å². The Bertz CT molecular complexity index is 882. The number of fused-ring (bicyclic) bond motifs is 4. The number of carbonyl (C=O) groups excluding carboxylic acids is 1. The first kappa shape index (κ1) is 16.2. The summed E-state index contributed by atoms with van der Waals surface area (Å²) < 4.78 is 28.2. The second-order valence-corrected chi connectivity index (χ2v) is 8.42. The Morgan fingerprint density at radius 3 is 2.42 bits per heavy atom. The van der Waals surface area contributed by atoms with E-state index in [0.717, 1.165) is 18.5 Å². The van der Waals surface area contributed by atoms with Crippen molar-refractivity contribution in [2.75, 3.05) is 0 Å². The monoisotopic (exact) mass is 356 g/mol. The summed E-state index contributed by atoms with van der Waals surface area (Å²) in [4.78, 5) is 17.8. The second-order valence-electron chi connectivity index (χ2n) is 8.42. The molecule has 1 heterocycles. The fourth-order valence-electron chi connectivity index (χ4n) is 4.63. The Morgan fingerprint density at radius 1 is 1.08 bits per heavy atom. The number of rotatable bonds is 3. The molecule has 6 rings (SSSR count). The number of halogens is 2. The number of benzene rings is 1. The SMILES string of the molecule is O=C(NC12CCC(F)(CC1)CC2)c1cc(C2CC2)nc2ccc(F)cc12. The normalized spacial score (nSPS) is 30.5. The van der Waals surface area contributed by atoms with Crippen molar-refractivity contribution in [2.24, 2.45) is 0 Å². The molecule has 4 fully saturated rings. The van der Waals surface area contributed by atoms with Crippen LogP contribution in [0.4, 0.5) is 8.78 Å². The van der Waals surface area contributed by atoms with Gasteiger partial charge >= 0.3 is 0 Å². The lowest BCUT2D eigenvalue weighted by molar-refractivity contribution is -0.00648. The van der Waals surface area contributed by atoms with Gasteiger partial charge in [-0.05, 0) is 75.6 Å². The van der Waals surface area contributed by atoms with Gasteiger partial charge in [0.05, 0.1) is 11.1 Å². The molecule has 0 unspecified atom stereocenters. The zero-order chi connectivity index (χ0) is 17.9. The zero-order valence-electron chi connectivity index (χ0n) is 14.7. The number of carbonyl (C=O) groups is 1. The maximum atomic E-state index is 14.4. The third kappa shape index (κ3) is 2.68. The van der Waals surface area contributed by atoms with Gasteiger partial charge in [-0.1, -0.05) is 0 Å². The van der Waals surface area contributed by atoms with E-state index >= 15 is 0 Å². The molecule has 4 aliphatic rings. The van der Waals surface area contributed by atoms with Gasteiger partial charge in [0.15, 0.2) is 0 Å². The number of pyridine rings is 1. The van der Waals surface area contributed by atoms with Gasteiger partial charge in [-0.25, -0.2) is 8.78 Å². The number of amides is 1. The molecule has 136 valence electrons. The summed E-state index contributed by atoms with van der Waals surface area (Å²) in [6.07, 6.45) is 5.78. The van der Waals surface area contributed by atoms with Gasteiger partial charge in [-0.2, -0.15) is 0 Å². The smallest absolute Gasteiger partial charge is 0.252 e. The van der Waals surface area contributed by atoms with E-state index < -0.39 is 5.67 Å². The summed E-state index contributed by atoms with van der Waals surface area (Å²) in [5, 5.41) is 3.75. The molecular weight excluding hydrogens is 334 g/mol. The lowest BCUT2D eigenvalue weighted by Crippen LogP contribution is -2.57. The van der Waals surface area contributed by atoms with Gasteiger partial charge in [0, 0.05) is 22.5 Å². The van der Waals surface area contributed by atoms with E-state index in [-0.39, 0.29) is 17.3 Å². The molecule has 0 radical (unpaired) electrons. The fourth-order valence-corrected chi connectivity index (χ4v) is 4.63. The van der Waals surface area contributed by atoms with E-state index in [1.807, 2.05) is 6.07 Å². The highest BCUT2D eigenvalue weighted by atomic mass is 19.1. The molecule has 1 N–H and O–H groups in total. The van der Waals surface area contributed by atoms with E-state index in [2.05, 4.69) is 10.3 Å². The molecule has 0 saturated heterocycles. The highest BCUT2D eigenvalue weighted by Gasteiger charge is 2.49. The van der Waals surface area contributed by atoms with Gasteiger partial charge in [0.1, 0.15) is 11.5 Å². The Morgan fingerprint density at radius 2 is 1.77 bits per heavy atom. The average Bonchev–Trinajstić information content (AvgIpc) is 3.47. The molecule has 0 atom stereocenters. The molecule has 1 amide bonds. The van der Waals surface area contributed by atoms with Crippen LogP contribution in [0.1, 0.15) is 73.3 Å². The van der Waals surface area contributed by atoms with Crippen molar-refractivity contribution in [3.05, 3.63) is 41.3 Å². The predicted octanol–water partition coefficient (Wildman–Crippen LogP) is 4.80. The van der Waals surface area contributed by atoms with E-state index in [1.54, 1.807) is 6.07 Å². The lowest BCUT2D eigenvalue weighted by Gasteiger charge is -2.50. The maximum absolute atomic E-state index is 14.4. The highest BCUT2D eigenvalue weighted by Crippen LogP contribution is 2.49. The van der Waals surface area contributed by atoms with Crippen LogP contribution in [0.5, 0.6) is 0 Å². The number of nitrogens with zero attached hydrogens (tertiary/aromatic N) is 1. The van der Waals surface area contributed by atoms with Gasteiger partial charge in [0.25, 0.3) is 5.91 Å². The van der Waals surface area contributed by atoms with Gasteiger partial charge < -0.3 is 5.32 Å². The van der Waals surface area contributed by atoms with Crippen molar-refractivity contribution >= 4 is 16.8 Å². The van der Waals surface area contributed by atoms with Gasteiger partial charge in [0.2, 0.25) is 0 Å². The number of hydrogen-bond donors (Lipinski definition) is 1. The fraction of sp³-hybridized carbons (Fsp3) is 0.524. The number of aromatic nitrogens is 1. The van der Waals surface area contributed by atoms with Crippen molar-refractivity contribution in [2.45, 2.75) is 68.5 Å². The van der Waals surface area contributed by atoms with Crippen LogP contribution < -0.4 is 5.32 Å². The second kappa shape index (κ2) is 5.48. The first-order valence-corrected chi connectivity index (χ1v) is 9.57. The minimum absolute atomic E-state index is 0.182. The van der Waals surface area contributed by atoms with Crippen LogP contribution in [-0.2, 0) is 0 Å². The van der Waals surface area contributed by atoms with Crippen LogP contribution in [0.25, 0.3) is 10.9 Å². The van der Waals surface area contributed by atoms with Crippen LogP contribution in [-0.4, -0.2) is 22.1 Å². The van der Waals surface area contributed by atoms with E-state index in [9.17, 15) is 13.6 Å². The molecule has 1 aromatic heterocycles. The summed E-state index contributed by atoms with van der Waals surface area (Å²) in [7, 11) is 0. The summed E-state index contributed by atoms with van der Waals surface area (Å²) >= 11 is 0. The largest absolute Gasteiger partial charge is 0.347 e. The Kier molecular flexibility index (Phi) is 3.40. The molecule has 4 aliphatic carbocycles. The Labute approximate surface area is 151 Å². The van der Waals surface area contributed by atoms with Gasteiger partial charge in [-0.3, -0.25) is 9.78 Å². The minimum Gasteiger partial charge on any atom is -0.347 e. The molecule has 0 spiro atoms. The molecule has 2 bridgehead atoms. The quantitative estimate of drug-likeness (QED) is 0.859. The predicted molar refractivity (Wildman–Crippen MR) is 95.4 cm³/mol. The average molecular weight is 356 g/mol. The molecular formula is C21H22F2N2O. The molecule has 1 aromatic carbocycles. The lowest BCUT2D eigenvalue weighted by atomic mass is 9.64. The van der Waals surface area contributed by atoms with E-state index in [1.165, 1.54) is 12.1 Å². The number of nitrogens with one attached hydrogen (secondary N) is 1. The summed E-state index contributed by atoms with van der Waals surface area (Å²) in [5.74, 6) is -0.146. The molecule has 0 aliphatic heterocycles. The number of alkyl halides is 1. The summed E-state index contributed by atoms with van der Waals surface area (Å²) in [5.41, 5.74) is 0.731. The van der Waals surface area contributed by atoms with E-state index in [0.29, 0.717) is 60.9 Å². The zero-order valence-corrected chi connectivity index (χ0v) is 14.7. The first-order chi connectivity index (χ1) is 12.5. The minimum atomic E-state index is -1.03. The molecule has 5 heteroatoms. The first-order valence-electron chi connectivity index (χ1n) is 9.57. The van der Waals surface area contributed by atoms with Crippen LogP contribution in [0.3, 0.4) is 0 Å². The summed E-state index contributed by atoms with van der Waals surface area (Å²) in [6, 6.07) is 6.25. The van der Waals surface area contributed by atoms with Crippen LogP contribution in [0.2, 0.25) is 0 Å². The third-order valence-electron chi connectivity index (χ3n) is 6.56. The van der Waals surface area contributed by atoms with Gasteiger partial charge in [-0.15, -0.1) is 0 Å². The number of hydrogen-bond acceptors (Lipinski definition) is 2. The van der Waals surface area contributed by atoms with Crippen molar-refractivity contribution < 1.29 is 13.6 Å². The van der Waals surface area contributed by atoms with Crippen molar-refractivity contribution in [3.8, 4) is 0 Å². The van der Waals surface area contributed by atoms with Crippen LogP contribution >= 0.6 is 0 Å². The molecule has 3 nitrogen and oxygen atoms in total. The third-order valence-corrected chi connectivity index (χ3v) is 6.56.